The molecule has 0 unspecified atom stereocenters. The van der Waals surface area contributed by atoms with Crippen molar-refractivity contribution in [2.75, 3.05) is 5.33 Å². The van der Waals surface area contributed by atoms with Gasteiger partial charge in [-0.2, -0.15) is 0 Å². The maximum atomic E-state index is 11.2. The Morgan fingerprint density at radius 2 is 2.21 bits per heavy atom. The van der Waals surface area contributed by atoms with E-state index >= 15 is 0 Å². The van der Waals surface area contributed by atoms with E-state index in [0.29, 0.717) is 17.3 Å². The molecule has 0 atom stereocenters. The van der Waals surface area contributed by atoms with Gasteiger partial charge in [0.15, 0.2) is 0 Å². The fourth-order valence-electron chi connectivity index (χ4n) is 1.25. The minimum atomic E-state index is 0.145. The van der Waals surface area contributed by atoms with Crippen LogP contribution in [-0.4, -0.2) is 17.4 Å². The van der Waals surface area contributed by atoms with Crippen LogP contribution in [0.25, 0.3) is 0 Å². The zero-order valence-corrected chi connectivity index (χ0v) is 9.50. The first kappa shape index (κ1) is 11.1. The van der Waals surface area contributed by atoms with Crippen LogP contribution < -0.4 is 0 Å². The molecular formula is C11H11BrO2. The lowest BCUT2D eigenvalue weighted by Crippen LogP contribution is -2.05. The lowest BCUT2D eigenvalue weighted by molar-refractivity contribution is -0.115. The van der Waals surface area contributed by atoms with Crippen molar-refractivity contribution in [3.63, 3.8) is 0 Å². The molecule has 3 heteroatoms. The van der Waals surface area contributed by atoms with E-state index in [4.69, 9.17) is 0 Å². The molecule has 1 aromatic carbocycles. The second-order valence-corrected chi connectivity index (χ2v) is 3.71. The molecule has 0 radical (unpaired) electrons. The molecule has 0 fully saturated rings. The maximum Gasteiger partial charge on any atom is 0.150 e. The summed E-state index contributed by atoms with van der Waals surface area (Å²) in [6.45, 7) is 1.91. The monoisotopic (exact) mass is 254 g/mol. The van der Waals surface area contributed by atoms with E-state index in [-0.39, 0.29) is 5.78 Å². The van der Waals surface area contributed by atoms with Crippen LogP contribution in [0.2, 0.25) is 0 Å². The molecule has 0 aliphatic carbocycles. The predicted molar refractivity (Wildman–Crippen MR) is 59.1 cm³/mol. The van der Waals surface area contributed by atoms with E-state index in [1.54, 1.807) is 12.1 Å². The third-order valence-electron chi connectivity index (χ3n) is 2.04. The molecule has 14 heavy (non-hydrogen) atoms. The number of benzene rings is 1. The molecule has 2 nitrogen and oxygen atoms in total. The third kappa shape index (κ3) is 2.77. The first-order chi connectivity index (χ1) is 6.67. The van der Waals surface area contributed by atoms with Crippen molar-refractivity contribution in [1.29, 1.82) is 0 Å². The lowest BCUT2D eigenvalue weighted by atomic mass is 10.0. The SMILES string of the molecule is Cc1cc(C=O)ccc1CC(=O)CBr. The number of aldehydes is 1. The van der Waals surface area contributed by atoms with Gasteiger partial charge in [-0.3, -0.25) is 9.59 Å². The standard InChI is InChI=1S/C11H11BrO2/c1-8-4-9(7-13)2-3-10(8)5-11(14)6-12/h2-4,7H,5-6H2,1H3. The Labute approximate surface area is 91.4 Å². The van der Waals surface area contributed by atoms with Crippen molar-refractivity contribution in [3.8, 4) is 0 Å². The summed E-state index contributed by atoms with van der Waals surface area (Å²) in [4.78, 5) is 21.6. The van der Waals surface area contributed by atoms with E-state index in [2.05, 4.69) is 15.9 Å². The predicted octanol–water partition coefficient (Wildman–Crippen LogP) is 2.31. The highest BCUT2D eigenvalue weighted by atomic mass is 79.9. The van der Waals surface area contributed by atoms with E-state index < -0.39 is 0 Å². The molecule has 1 rings (SSSR count). The van der Waals surface area contributed by atoms with Gasteiger partial charge in [0.25, 0.3) is 0 Å². The number of rotatable bonds is 4. The topological polar surface area (TPSA) is 34.1 Å². The molecule has 0 aliphatic heterocycles. The molecule has 1 aromatic rings. The number of halogens is 1. The fourth-order valence-corrected chi connectivity index (χ4v) is 1.45. The Morgan fingerprint density at radius 1 is 1.50 bits per heavy atom. The van der Waals surface area contributed by atoms with Crippen molar-refractivity contribution < 1.29 is 9.59 Å². The van der Waals surface area contributed by atoms with Gasteiger partial charge in [-0.1, -0.05) is 28.1 Å². The molecule has 0 aromatic heterocycles. The Balaban J connectivity index is 2.89. The number of aryl methyl sites for hydroxylation is 1. The molecule has 0 N–H and O–H groups in total. The smallest absolute Gasteiger partial charge is 0.150 e. The van der Waals surface area contributed by atoms with Gasteiger partial charge in [0.05, 0.1) is 5.33 Å². The van der Waals surface area contributed by atoms with Crippen molar-refractivity contribution in [3.05, 3.63) is 34.9 Å². The third-order valence-corrected chi connectivity index (χ3v) is 2.66. The number of Topliss-reactive ketones (excluding diaryl/α,β-unsaturated/α-hetero) is 1. The highest BCUT2D eigenvalue weighted by Crippen LogP contribution is 2.11. The number of alkyl halides is 1. The van der Waals surface area contributed by atoms with E-state index in [9.17, 15) is 9.59 Å². The Kier molecular flexibility index (Phi) is 4.01. The second kappa shape index (κ2) is 5.05. The van der Waals surface area contributed by atoms with Gasteiger partial charge in [0.2, 0.25) is 0 Å². The van der Waals surface area contributed by atoms with Gasteiger partial charge in [0.1, 0.15) is 12.1 Å². The van der Waals surface area contributed by atoms with E-state index in [1.165, 1.54) is 0 Å². The summed E-state index contributed by atoms with van der Waals surface area (Å²) in [6.07, 6.45) is 1.24. The van der Waals surface area contributed by atoms with Gasteiger partial charge in [0, 0.05) is 12.0 Å². The van der Waals surface area contributed by atoms with Gasteiger partial charge in [-0.15, -0.1) is 0 Å². The quantitative estimate of drug-likeness (QED) is 0.611. The minimum absolute atomic E-state index is 0.145. The van der Waals surface area contributed by atoms with Crippen LogP contribution >= 0.6 is 15.9 Å². The fraction of sp³-hybridized carbons (Fsp3) is 0.273. The summed E-state index contributed by atoms with van der Waals surface area (Å²) in [5, 5.41) is 0.377. The Bertz CT molecular complexity index is 358. The summed E-state index contributed by atoms with van der Waals surface area (Å²) in [5.74, 6) is 0.145. The zero-order valence-electron chi connectivity index (χ0n) is 7.92. The van der Waals surface area contributed by atoms with Crippen molar-refractivity contribution in [2.24, 2.45) is 0 Å². The molecule has 0 saturated heterocycles. The van der Waals surface area contributed by atoms with Crippen molar-refractivity contribution in [1.82, 2.24) is 0 Å². The number of carbonyl (C=O) groups is 2. The van der Waals surface area contributed by atoms with Gasteiger partial charge >= 0.3 is 0 Å². The highest BCUT2D eigenvalue weighted by Gasteiger charge is 2.04. The Hall–Kier alpha value is -0.960. The largest absolute Gasteiger partial charge is 0.298 e. The highest BCUT2D eigenvalue weighted by molar-refractivity contribution is 9.09. The molecule has 0 bridgehead atoms. The van der Waals surface area contributed by atoms with Gasteiger partial charge in [-0.05, 0) is 24.1 Å². The van der Waals surface area contributed by atoms with E-state index in [1.807, 2.05) is 13.0 Å². The molecule has 0 amide bonds. The van der Waals surface area contributed by atoms with Crippen LogP contribution in [0.5, 0.6) is 0 Å². The van der Waals surface area contributed by atoms with Crippen LogP contribution in [0, 0.1) is 6.92 Å². The zero-order chi connectivity index (χ0) is 10.6. The first-order valence-corrected chi connectivity index (χ1v) is 5.42. The van der Waals surface area contributed by atoms with Gasteiger partial charge in [-0.25, -0.2) is 0 Å². The van der Waals surface area contributed by atoms with Crippen LogP contribution in [0.3, 0.4) is 0 Å². The average molecular weight is 255 g/mol. The summed E-state index contributed by atoms with van der Waals surface area (Å²) in [5.41, 5.74) is 2.63. The molecule has 0 heterocycles. The van der Waals surface area contributed by atoms with Crippen LogP contribution in [0.15, 0.2) is 18.2 Å². The summed E-state index contributed by atoms with van der Waals surface area (Å²) in [7, 11) is 0. The maximum absolute atomic E-state index is 11.2. The molecule has 0 aliphatic rings. The van der Waals surface area contributed by atoms with Crippen molar-refractivity contribution >= 4 is 28.0 Å². The van der Waals surface area contributed by atoms with Crippen molar-refractivity contribution in [2.45, 2.75) is 13.3 Å². The normalized spacial score (nSPS) is 9.86. The lowest BCUT2D eigenvalue weighted by Gasteiger charge is -2.04. The summed E-state index contributed by atoms with van der Waals surface area (Å²) >= 11 is 3.12. The minimum Gasteiger partial charge on any atom is -0.298 e. The summed E-state index contributed by atoms with van der Waals surface area (Å²) < 4.78 is 0. The van der Waals surface area contributed by atoms with Crippen LogP contribution in [-0.2, 0) is 11.2 Å². The Morgan fingerprint density at radius 3 is 2.71 bits per heavy atom. The molecule has 0 spiro atoms. The van der Waals surface area contributed by atoms with Crippen LogP contribution in [0.4, 0.5) is 0 Å². The second-order valence-electron chi connectivity index (χ2n) is 3.15. The number of hydrogen-bond acceptors (Lipinski definition) is 2. The van der Waals surface area contributed by atoms with E-state index in [0.717, 1.165) is 17.4 Å². The molecule has 74 valence electrons. The van der Waals surface area contributed by atoms with Crippen LogP contribution in [0.1, 0.15) is 21.5 Å². The number of ketones is 1. The molecular weight excluding hydrogens is 244 g/mol. The number of carbonyl (C=O) groups excluding carboxylic acids is 2. The summed E-state index contributed by atoms with van der Waals surface area (Å²) in [6, 6.07) is 5.36. The average Bonchev–Trinajstić information content (AvgIpc) is 2.20. The first-order valence-electron chi connectivity index (χ1n) is 4.29. The number of hydrogen-bond donors (Lipinski definition) is 0. The molecule has 0 saturated carbocycles. The van der Waals surface area contributed by atoms with Gasteiger partial charge < -0.3 is 0 Å².